The minimum Gasteiger partial charge on any atom is -0.496 e. The van der Waals surface area contributed by atoms with Crippen LogP contribution < -0.4 is 14.8 Å². The molecule has 0 heterocycles. The number of ether oxygens (including phenoxy) is 2. The molecule has 1 amide bonds. The van der Waals surface area contributed by atoms with Crippen LogP contribution in [0.4, 0.5) is 0 Å². The van der Waals surface area contributed by atoms with Gasteiger partial charge < -0.3 is 19.9 Å². The number of rotatable bonds is 6. The molecule has 0 saturated heterocycles. The van der Waals surface area contributed by atoms with Gasteiger partial charge in [-0.3, -0.25) is 4.79 Å². The number of nitrogens with one attached hydrogen (secondary N) is 1. The molecule has 0 aromatic heterocycles. The predicted molar refractivity (Wildman–Crippen MR) is 82.3 cm³/mol. The third-order valence-electron chi connectivity index (χ3n) is 3.15. The number of aliphatic hydroxyl groups is 1. The van der Waals surface area contributed by atoms with E-state index in [4.69, 9.17) is 9.47 Å². The molecular weight excluding hydrogens is 270 g/mol. The number of methoxy groups -OCH3 is 2. The first-order valence-electron chi connectivity index (χ1n) is 7.05. The molecule has 0 spiro atoms. The largest absolute Gasteiger partial charge is 0.496 e. The van der Waals surface area contributed by atoms with Crippen molar-refractivity contribution in [1.29, 1.82) is 0 Å². The van der Waals surface area contributed by atoms with E-state index in [9.17, 15) is 9.90 Å². The van der Waals surface area contributed by atoms with E-state index >= 15 is 0 Å². The van der Waals surface area contributed by atoms with Gasteiger partial charge in [-0.05, 0) is 45.7 Å². The van der Waals surface area contributed by atoms with Gasteiger partial charge in [0.15, 0.2) is 0 Å². The average Bonchev–Trinajstić information content (AvgIpc) is 2.38. The summed E-state index contributed by atoms with van der Waals surface area (Å²) in [6.07, 6.45) is -0.207. The van der Waals surface area contributed by atoms with Gasteiger partial charge in [0.05, 0.1) is 25.9 Å². The number of carbonyl (C=O) groups excluding carboxylic acids is 1. The number of hydrogen-bond donors (Lipinski definition) is 2. The van der Waals surface area contributed by atoms with Crippen LogP contribution in [0.5, 0.6) is 11.5 Å². The highest BCUT2D eigenvalue weighted by molar-refractivity contribution is 5.99. The molecule has 1 aromatic rings. The first kappa shape index (κ1) is 17.3. The van der Waals surface area contributed by atoms with Gasteiger partial charge in [-0.1, -0.05) is 0 Å². The summed E-state index contributed by atoms with van der Waals surface area (Å²) in [5, 5.41) is 12.5. The zero-order valence-corrected chi connectivity index (χ0v) is 13.6. The second-order valence-corrected chi connectivity index (χ2v) is 5.45. The second-order valence-electron chi connectivity index (χ2n) is 5.45. The Morgan fingerprint density at radius 3 is 2.33 bits per heavy atom. The molecule has 0 fully saturated rings. The number of amides is 1. The maximum Gasteiger partial charge on any atom is 0.255 e. The Bertz CT molecular complexity index is 509. The molecule has 0 radical (unpaired) electrons. The summed E-state index contributed by atoms with van der Waals surface area (Å²) in [5.41, 5.74) is 1.94. The van der Waals surface area contributed by atoms with Crippen molar-refractivity contribution in [3.63, 3.8) is 0 Å². The summed E-state index contributed by atoms with van der Waals surface area (Å²) in [5.74, 6) is 0.926. The summed E-state index contributed by atoms with van der Waals surface area (Å²) in [4.78, 5) is 12.5. The summed E-state index contributed by atoms with van der Waals surface area (Å²) in [7, 11) is 3.10. The molecule has 1 atom stereocenters. The highest BCUT2D eigenvalue weighted by Crippen LogP contribution is 2.35. The lowest BCUT2D eigenvalue weighted by Crippen LogP contribution is -2.31. The monoisotopic (exact) mass is 295 g/mol. The van der Waals surface area contributed by atoms with E-state index in [0.717, 1.165) is 5.56 Å². The molecule has 0 bridgehead atoms. The molecule has 0 aliphatic heterocycles. The van der Waals surface area contributed by atoms with Crippen molar-refractivity contribution >= 4 is 5.91 Å². The molecule has 1 rings (SSSR count). The second kappa shape index (κ2) is 7.31. The van der Waals surface area contributed by atoms with Crippen molar-refractivity contribution in [2.24, 2.45) is 0 Å². The first-order chi connectivity index (χ1) is 9.81. The first-order valence-corrected chi connectivity index (χ1v) is 7.05. The van der Waals surface area contributed by atoms with E-state index in [0.29, 0.717) is 29.0 Å². The zero-order valence-electron chi connectivity index (χ0n) is 13.6. The van der Waals surface area contributed by atoms with Crippen molar-refractivity contribution < 1.29 is 19.4 Å². The van der Waals surface area contributed by atoms with Gasteiger partial charge in [0, 0.05) is 11.6 Å². The number of hydrogen-bond acceptors (Lipinski definition) is 4. The van der Waals surface area contributed by atoms with Gasteiger partial charge in [0.25, 0.3) is 5.91 Å². The fourth-order valence-corrected chi connectivity index (χ4v) is 2.31. The van der Waals surface area contributed by atoms with Crippen LogP contribution in [0.25, 0.3) is 0 Å². The average molecular weight is 295 g/mol. The van der Waals surface area contributed by atoms with Crippen LogP contribution >= 0.6 is 0 Å². The van der Waals surface area contributed by atoms with Crippen molar-refractivity contribution in [2.45, 2.75) is 46.3 Å². The van der Waals surface area contributed by atoms with Crippen molar-refractivity contribution in [1.82, 2.24) is 5.32 Å². The highest BCUT2D eigenvalue weighted by Gasteiger charge is 2.23. The number of carbonyl (C=O) groups is 1. The standard InChI is InChI=1S/C16H25NO4/c1-9(2)17-16(19)14-12(7-10(3)18)8-13(20-5)11(4)15(14)21-6/h8-10,18H,7H2,1-6H3,(H,17,19). The number of aliphatic hydroxyl groups excluding tert-OH is 1. The molecule has 21 heavy (non-hydrogen) atoms. The topological polar surface area (TPSA) is 67.8 Å². The van der Waals surface area contributed by atoms with Crippen molar-refractivity contribution in [2.75, 3.05) is 14.2 Å². The Morgan fingerprint density at radius 2 is 1.90 bits per heavy atom. The molecular formula is C16H25NO4. The van der Waals surface area contributed by atoms with Gasteiger partial charge >= 0.3 is 0 Å². The summed E-state index contributed by atoms with van der Waals surface area (Å²) in [6, 6.07) is 1.81. The van der Waals surface area contributed by atoms with Crippen LogP contribution in [0, 0.1) is 6.92 Å². The van der Waals surface area contributed by atoms with E-state index in [1.165, 1.54) is 7.11 Å². The summed E-state index contributed by atoms with van der Waals surface area (Å²) < 4.78 is 10.8. The summed E-state index contributed by atoms with van der Waals surface area (Å²) >= 11 is 0. The van der Waals surface area contributed by atoms with E-state index < -0.39 is 6.10 Å². The quantitative estimate of drug-likeness (QED) is 0.843. The van der Waals surface area contributed by atoms with E-state index in [1.807, 2.05) is 20.8 Å². The normalized spacial score (nSPS) is 12.2. The van der Waals surface area contributed by atoms with Gasteiger partial charge in [-0.25, -0.2) is 0 Å². The lowest BCUT2D eigenvalue weighted by Gasteiger charge is -2.20. The smallest absolute Gasteiger partial charge is 0.255 e. The fraction of sp³-hybridized carbons (Fsp3) is 0.562. The van der Waals surface area contributed by atoms with Gasteiger partial charge in [-0.2, -0.15) is 0 Å². The van der Waals surface area contributed by atoms with E-state index in [2.05, 4.69) is 5.32 Å². The van der Waals surface area contributed by atoms with Crippen molar-refractivity contribution in [3.05, 3.63) is 22.8 Å². The maximum absolute atomic E-state index is 12.5. The fourth-order valence-electron chi connectivity index (χ4n) is 2.31. The molecule has 5 nitrogen and oxygen atoms in total. The van der Waals surface area contributed by atoms with E-state index in [1.54, 1.807) is 20.1 Å². The lowest BCUT2D eigenvalue weighted by atomic mass is 9.96. The Hall–Kier alpha value is -1.75. The molecule has 0 aliphatic carbocycles. The zero-order chi connectivity index (χ0) is 16.2. The van der Waals surface area contributed by atoms with Gasteiger partial charge in [0.1, 0.15) is 11.5 Å². The van der Waals surface area contributed by atoms with Crippen LogP contribution in [-0.4, -0.2) is 37.4 Å². The van der Waals surface area contributed by atoms with Crippen LogP contribution in [0.1, 0.15) is 42.3 Å². The molecule has 1 unspecified atom stereocenters. The maximum atomic E-state index is 12.5. The Labute approximate surface area is 126 Å². The minimum absolute atomic E-state index is 0.0176. The van der Waals surface area contributed by atoms with E-state index in [-0.39, 0.29) is 11.9 Å². The SMILES string of the molecule is COc1cc(CC(C)O)c(C(=O)NC(C)C)c(OC)c1C. The summed E-state index contributed by atoms with van der Waals surface area (Å²) in [6.45, 7) is 7.32. The Morgan fingerprint density at radius 1 is 1.29 bits per heavy atom. The molecule has 118 valence electrons. The third kappa shape index (κ3) is 4.11. The van der Waals surface area contributed by atoms with Crippen LogP contribution in [0.3, 0.4) is 0 Å². The van der Waals surface area contributed by atoms with Crippen LogP contribution in [0.2, 0.25) is 0 Å². The highest BCUT2D eigenvalue weighted by atomic mass is 16.5. The Balaban J connectivity index is 3.47. The Kier molecular flexibility index (Phi) is 6.03. The van der Waals surface area contributed by atoms with Crippen molar-refractivity contribution in [3.8, 4) is 11.5 Å². The lowest BCUT2D eigenvalue weighted by molar-refractivity contribution is 0.0938. The molecule has 2 N–H and O–H groups in total. The predicted octanol–water partition coefficient (Wildman–Crippen LogP) is 2.07. The van der Waals surface area contributed by atoms with Gasteiger partial charge in [-0.15, -0.1) is 0 Å². The molecule has 5 heteroatoms. The van der Waals surface area contributed by atoms with Gasteiger partial charge in [0.2, 0.25) is 0 Å². The van der Waals surface area contributed by atoms with Crippen LogP contribution in [0.15, 0.2) is 6.07 Å². The minimum atomic E-state index is -0.562. The molecule has 0 aliphatic rings. The molecule has 1 aromatic carbocycles. The third-order valence-corrected chi connectivity index (χ3v) is 3.15. The molecule has 0 saturated carbocycles. The number of benzene rings is 1. The van der Waals surface area contributed by atoms with Crippen LogP contribution in [-0.2, 0) is 6.42 Å².